The third-order valence-corrected chi connectivity index (χ3v) is 5.00. The Morgan fingerprint density at radius 2 is 1.95 bits per heavy atom. The van der Waals surface area contributed by atoms with E-state index in [1.165, 1.54) is 12.8 Å². The first-order chi connectivity index (χ1) is 10.5. The number of nitrogens with one attached hydrogen (secondary N) is 2. The highest BCUT2D eigenvalue weighted by Gasteiger charge is 2.43. The van der Waals surface area contributed by atoms with Crippen molar-refractivity contribution in [3.8, 4) is 0 Å². The van der Waals surface area contributed by atoms with Crippen molar-refractivity contribution >= 4 is 17.5 Å². The number of amides is 2. The van der Waals surface area contributed by atoms with Crippen LogP contribution in [-0.4, -0.2) is 25.9 Å². The van der Waals surface area contributed by atoms with E-state index in [4.69, 9.17) is 0 Å². The average Bonchev–Trinajstić information content (AvgIpc) is 3.15. The van der Waals surface area contributed by atoms with E-state index in [1.54, 1.807) is 12.1 Å². The predicted molar refractivity (Wildman–Crippen MR) is 85.3 cm³/mol. The van der Waals surface area contributed by atoms with Gasteiger partial charge in [0, 0.05) is 31.3 Å². The molecule has 1 aromatic carbocycles. The summed E-state index contributed by atoms with van der Waals surface area (Å²) in [5.41, 5.74) is 6.64. The van der Waals surface area contributed by atoms with Gasteiger partial charge in [-0.25, -0.2) is 0 Å². The summed E-state index contributed by atoms with van der Waals surface area (Å²) in [7, 11) is 3.85. The van der Waals surface area contributed by atoms with Crippen LogP contribution in [-0.2, 0) is 4.79 Å². The number of carbonyl (C=O) groups is 2. The largest absolute Gasteiger partial charge is 0.378 e. The van der Waals surface area contributed by atoms with Crippen molar-refractivity contribution in [1.82, 2.24) is 10.9 Å². The van der Waals surface area contributed by atoms with Crippen LogP contribution < -0.4 is 15.8 Å². The normalized spacial score (nSPS) is 25.8. The summed E-state index contributed by atoms with van der Waals surface area (Å²) in [6.45, 7) is 0. The molecule has 2 aliphatic carbocycles. The molecule has 0 spiro atoms. The fourth-order valence-electron chi connectivity index (χ4n) is 3.77. The Kier molecular flexibility index (Phi) is 4.05. The van der Waals surface area contributed by atoms with Gasteiger partial charge in [0.1, 0.15) is 0 Å². The number of hydrogen-bond acceptors (Lipinski definition) is 3. The standard InChI is InChI=1S/C17H23N3O2/c1-20(2)14-5-3-4-13(10-14)16(21)18-19-17(22)15-9-11-6-7-12(15)8-11/h3-5,10-12,15H,6-9H2,1-2H3,(H,18,21)(H,19,22). The number of hydrogen-bond donors (Lipinski definition) is 2. The predicted octanol–water partition coefficient (Wildman–Crippen LogP) is 1.95. The second kappa shape index (κ2) is 5.99. The van der Waals surface area contributed by atoms with Crippen molar-refractivity contribution < 1.29 is 9.59 Å². The fraction of sp³-hybridized carbons (Fsp3) is 0.529. The van der Waals surface area contributed by atoms with Crippen LogP contribution in [0.3, 0.4) is 0 Å². The maximum Gasteiger partial charge on any atom is 0.269 e. The number of fused-ring (bicyclic) bond motifs is 2. The van der Waals surface area contributed by atoms with Gasteiger partial charge in [-0.15, -0.1) is 0 Å². The van der Waals surface area contributed by atoms with Crippen LogP contribution >= 0.6 is 0 Å². The van der Waals surface area contributed by atoms with E-state index in [0.717, 1.165) is 18.5 Å². The van der Waals surface area contributed by atoms with Gasteiger partial charge >= 0.3 is 0 Å². The SMILES string of the molecule is CN(C)c1cccc(C(=O)NNC(=O)C2CC3CCC2C3)c1. The van der Waals surface area contributed by atoms with Gasteiger partial charge in [0.05, 0.1) is 0 Å². The topological polar surface area (TPSA) is 61.4 Å². The lowest BCUT2D eigenvalue weighted by atomic mass is 9.88. The van der Waals surface area contributed by atoms with E-state index in [1.807, 2.05) is 31.1 Å². The first kappa shape index (κ1) is 14.9. The zero-order valence-electron chi connectivity index (χ0n) is 13.1. The minimum atomic E-state index is -0.278. The summed E-state index contributed by atoms with van der Waals surface area (Å²) in [6, 6.07) is 7.32. The van der Waals surface area contributed by atoms with Gasteiger partial charge in [-0.3, -0.25) is 20.4 Å². The summed E-state index contributed by atoms with van der Waals surface area (Å²) in [4.78, 5) is 26.3. The molecule has 3 atom stereocenters. The second-order valence-corrected chi connectivity index (χ2v) is 6.67. The van der Waals surface area contributed by atoms with E-state index in [0.29, 0.717) is 17.4 Å². The number of rotatable bonds is 3. The lowest BCUT2D eigenvalue weighted by Gasteiger charge is -2.21. The lowest BCUT2D eigenvalue weighted by molar-refractivity contribution is -0.127. The van der Waals surface area contributed by atoms with Crippen LogP contribution in [0.2, 0.25) is 0 Å². The number of hydrazine groups is 1. The Labute approximate surface area is 131 Å². The second-order valence-electron chi connectivity index (χ2n) is 6.67. The molecule has 0 saturated heterocycles. The van der Waals surface area contributed by atoms with Gasteiger partial charge in [-0.1, -0.05) is 12.5 Å². The van der Waals surface area contributed by atoms with Crippen LogP contribution in [0.1, 0.15) is 36.0 Å². The number of benzene rings is 1. The molecule has 2 saturated carbocycles. The first-order valence-electron chi connectivity index (χ1n) is 7.92. The fourth-order valence-corrected chi connectivity index (χ4v) is 3.77. The van der Waals surface area contributed by atoms with E-state index >= 15 is 0 Å². The van der Waals surface area contributed by atoms with Gasteiger partial charge in [0.15, 0.2) is 0 Å². The van der Waals surface area contributed by atoms with Crippen molar-refractivity contribution in [3.63, 3.8) is 0 Å². The third kappa shape index (κ3) is 2.93. The molecule has 2 N–H and O–H groups in total. The Balaban J connectivity index is 1.56. The molecule has 2 amide bonds. The van der Waals surface area contributed by atoms with Crippen molar-refractivity contribution in [1.29, 1.82) is 0 Å². The Hall–Kier alpha value is -2.04. The van der Waals surface area contributed by atoms with E-state index < -0.39 is 0 Å². The maximum atomic E-state index is 12.2. The van der Waals surface area contributed by atoms with E-state index in [2.05, 4.69) is 10.9 Å². The van der Waals surface area contributed by atoms with Crippen molar-refractivity contribution in [2.24, 2.45) is 17.8 Å². The minimum absolute atomic E-state index is 0.0377. The molecule has 0 aliphatic heterocycles. The van der Waals surface area contributed by atoms with Crippen molar-refractivity contribution in [2.75, 3.05) is 19.0 Å². The Morgan fingerprint density at radius 3 is 2.59 bits per heavy atom. The zero-order valence-corrected chi connectivity index (χ0v) is 13.1. The third-order valence-electron chi connectivity index (χ3n) is 5.00. The summed E-state index contributed by atoms with van der Waals surface area (Å²) in [5, 5.41) is 0. The molecular formula is C17H23N3O2. The minimum Gasteiger partial charge on any atom is -0.378 e. The summed E-state index contributed by atoms with van der Waals surface area (Å²) < 4.78 is 0. The number of carbonyl (C=O) groups excluding carboxylic acids is 2. The number of nitrogens with zero attached hydrogens (tertiary/aromatic N) is 1. The molecular weight excluding hydrogens is 278 g/mol. The molecule has 2 aliphatic rings. The van der Waals surface area contributed by atoms with Crippen LogP contribution in [0, 0.1) is 17.8 Å². The van der Waals surface area contributed by atoms with Crippen LogP contribution in [0.5, 0.6) is 0 Å². The smallest absolute Gasteiger partial charge is 0.269 e. The molecule has 5 nitrogen and oxygen atoms in total. The first-order valence-corrected chi connectivity index (χ1v) is 7.92. The number of anilines is 1. The quantitative estimate of drug-likeness (QED) is 0.839. The van der Waals surface area contributed by atoms with Gasteiger partial charge in [-0.2, -0.15) is 0 Å². The Morgan fingerprint density at radius 1 is 1.14 bits per heavy atom. The van der Waals surface area contributed by atoms with E-state index in [9.17, 15) is 9.59 Å². The monoisotopic (exact) mass is 301 g/mol. The van der Waals surface area contributed by atoms with Crippen LogP contribution in [0.15, 0.2) is 24.3 Å². The lowest BCUT2D eigenvalue weighted by Crippen LogP contribution is -2.45. The molecule has 0 radical (unpaired) electrons. The van der Waals surface area contributed by atoms with Gasteiger partial charge in [0.2, 0.25) is 5.91 Å². The zero-order chi connectivity index (χ0) is 15.7. The highest BCUT2D eigenvalue weighted by molar-refractivity contribution is 5.96. The summed E-state index contributed by atoms with van der Waals surface area (Å²) >= 11 is 0. The average molecular weight is 301 g/mol. The molecule has 0 heterocycles. The highest BCUT2D eigenvalue weighted by atomic mass is 16.2. The van der Waals surface area contributed by atoms with Crippen molar-refractivity contribution in [3.05, 3.63) is 29.8 Å². The van der Waals surface area contributed by atoms with E-state index in [-0.39, 0.29) is 17.7 Å². The molecule has 2 bridgehead atoms. The van der Waals surface area contributed by atoms with Gasteiger partial charge in [-0.05, 0) is 49.3 Å². The molecule has 22 heavy (non-hydrogen) atoms. The van der Waals surface area contributed by atoms with Crippen molar-refractivity contribution in [2.45, 2.75) is 25.7 Å². The molecule has 1 aromatic rings. The molecule has 118 valence electrons. The van der Waals surface area contributed by atoms with Crippen LogP contribution in [0.25, 0.3) is 0 Å². The summed E-state index contributed by atoms with van der Waals surface area (Å²) in [6.07, 6.45) is 4.57. The molecule has 5 heteroatoms. The molecule has 2 fully saturated rings. The van der Waals surface area contributed by atoms with Crippen LogP contribution in [0.4, 0.5) is 5.69 Å². The van der Waals surface area contributed by atoms with Gasteiger partial charge in [0.25, 0.3) is 5.91 Å². The van der Waals surface area contributed by atoms with Gasteiger partial charge < -0.3 is 4.90 Å². The Bertz CT molecular complexity index is 585. The molecule has 3 rings (SSSR count). The summed E-state index contributed by atoms with van der Waals surface area (Å²) in [5.74, 6) is 0.990. The molecule has 3 unspecified atom stereocenters. The highest BCUT2D eigenvalue weighted by Crippen LogP contribution is 2.48. The molecule has 0 aromatic heterocycles. The maximum absolute atomic E-state index is 12.2.